The van der Waals surface area contributed by atoms with Crippen LogP contribution in [-0.4, -0.2) is 54.0 Å². The van der Waals surface area contributed by atoms with Crippen molar-refractivity contribution in [1.29, 1.82) is 0 Å². The molecule has 138 valence electrons. The van der Waals surface area contributed by atoms with Crippen molar-refractivity contribution in [3.8, 4) is 0 Å². The fraction of sp³-hybridized carbons (Fsp3) is 0.500. The normalized spacial score (nSPS) is 26.2. The highest BCUT2D eigenvalue weighted by molar-refractivity contribution is 6.01. The summed E-state index contributed by atoms with van der Waals surface area (Å²) in [5, 5.41) is 5.78. The largest absolute Gasteiger partial charge is 0.331 e. The van der Waals surface area contributed by atoms with Crippen LogP contribution in [0.25, 0.3) is 0 Å². The average molecular weight is 354 g/mol. The number of nitrogens with zero attached hydrogens (tertiary/aromatic N) is 2. The number of likely N-dealkylation sites (tertiary alicyclic amines) is 1. The van der Waals surface area contributed by atoms with Crippen LogP contribution in [0.1, 0.15) is 36.9 Å². The quantitative estimate of drug-likeness (QED) is 0.868. The maximum atomic E-state index is 13.1. The molecular formula is C20H26N4O2. The Bertz CT molecular complexity index is 756. The van der Waals surface area contributed by atoms with E-state index in [1.165, 1.54) is 6.42 Å². The number of rotatable bonds is 4. The van der Waals surface area contributed by atoms with Gasteiger partial charge in [0.25, 0.3) is 5.91 Å². The molecule has 4 rings (SSSR count). The molecule has 6 nitrogen and oxygen atoms in total. The maximum Gasteiger partial charge on any atom is 0.319 e. The van der Waals surface area contributed by atoms with Gasteiger partial charge in [0.15, 0.2) is 0 Å². The number of carbonyl (C=O) groups is 2. The summed E-state index contributed by atoms with van der Waals surface area (Å²) in [7, 11) is 0. The minimum atomic E-state index is -0.372. The van der Waals surface area contributed by atoms with Crippen molar-refractivity contribution in [3.63, 3.8) is 0 Å². The van der Waals surface area contributed by atoms with Crippen LogP contribution in [0.5, 0.6) is 0 Å². The first-order chi connectivity index (χ1) is 12.6. The summed E-state index contributed by atoms with van der Waals surface area (Å²) in [6.07, 6.45) is 2.33. The molecule has 0 spiro atoms. The standard InChI is InChI=1S/C20H26N4O2/c1-3-23-10-4-5-15(23)11-24-12-16-17(19(24)25)18(22-20(26)21-16)14-8-6-13(2)7-9-14/h6-9,15,18H,3-5,10-12H2,1-2H3,(H2,21,22,26)/t15-,18+/m0/s1. The van der Waals surface area contributed by atoms with E-state index >= 15 is 0 Å². The molecule has 1 fully saturated rings. The van der Waals surface area contributed by atoms with E-state index in [0.29, 0.717) is 18.2 Å². The topological polar surface area (TPSA) is 64.7 Å². The molecule has 0 bridgehead atoms. The molecule has 1 aromatic carbocycles. The van der Waals surface area contributed by atoms with E-state index in [2.05, 4.69) is 22.5 Å². The third-order valence-electron chi connectivity index (χ3n) is 5.77. The summed E-state index contributed by atoms with van der Waals surface area (Å²) in [5.74, 6) is 0.0426. The molecule has 0 aliphatic carbocycles. The van der Waals surface area contributed by atoms with Gasteiger partial charge in [-0.15, -0.1) is 0 Å². The van der Waals surface area contributed by atoms with Gasteiger partial charge < -0.3 is 15.5 Å². The zero-order valence-electron chi connectivity index (χ0n) is 15.4. The summed E-state index contributed by atoms with van der Waals surface area (Å²) < 4.78 is 0. The van der Waals surface area contributed by atoms with Crippen LogP contribution in [0.2, 0.25) is 0 Å². The van der Waals surface area contributed by atoms with Gasteiger partial charge in [-0.1, -0.05) is 36.8 Å². The van der Waals surface area contributed by atoms with Crippen molar-refractivity contribution in [2.24, 2.45) is 0 Å². The first-order valence-electron chi connectivity index (χ1n) is 9.47. The molecule has 0 unspecified atom stereocenters. The monoisotopic (exact) mass is 354 g/mol. The van der Waals surface area contributed by atoms with Crippen molar-refractivity contribution in [1.82, 2.24) is 20.4 Å². The SMILES string of the molecule is CCN1CCC[C@H]1CN1CC2=C(C1=O)[C@@H](c1ccc(C)cc1)NC(=O)N2. The van der Waals surface area contributed by atoms with Crippen molar-refractivity contribution in [2.75, 3.05) is 26.2 Å². The highest BCUT2D eigenvalue weighted by Gasteiger charge is 2.41. The maximum absolute atomic E-state index is 13.1. The highest BCUT2D eigenvalue weighted by Crippen LogP contribution is 2.33. The smallest absolute Gasteiger partial charge is 0.319 e. The van der Waals surface area contributed by atoms with Crippen LogP contribution in [0.3, 0.4) is 0 Å². The van der Waals surface area contributed by atoms with Gasteiger partial charge in [0, 0.05) is 12.6 Å². The highest BCUT2D eigenvalue weighted by atomic mass is 16.2. The number of likely N-dealkylation sites (N-methyl/N-ethyl adjacent to an activating group) is 1. The Morgan fingerprint density at radius 2 is 1.96 bits per heavy atom. The molecule has 3 aliphatic heterocycles. The van der Waals surface area contributed by atoms with Gasteiger partial charge in [-0.2, -0.15) is 0 Å². The molecule has 3 amide bonds. The van der Waals surface area contributed by atoms with Crippen LogP contribution in [0.15, 0.2) is 35.5 Å². The lowest BCUT2D eigenvalue weighted by Gasteiger charge is -2.28. The molecule has 1 aromatic rings. The van der Waals surface area contributed by atoms with Gasteiger partial charge in [-0.25, -0.2) is 4.79 Å². The Labute approximate surface area is 154 Å². The van der Waals surface area contributed by atoms with Gasteiger partial charge in [0.05, 0.1) is 23.9 Å². The third kappa shape index (κ3) is 2.98. The van der Waals surface area contributed by atoms with Gasteiger partial charge in [0.1, 0.15) is 0 Å². The molecule has 3 heterocycles. The number of amides is 3. The van der Waals surface area contributed by atoms with Crippen molar-refractivity contribution < 1.29 is 9.59 Å². The number of carbonyl (C=O) groups excluding carboxylic acids is 2. The summed E-state index contributed by atoms with van der Waals surface area (Å²) >= 11 is 0. The van der Waals surface area contributed by atoms with Crippen LogP contribution in [0, 0.1) is 6.92 Å². The number of hydrogen-bond acceptors (Lipinski definition) is 3. The van der Waals surface area contributed by atoms with E-state index in [4.69, 9.17) is 0 Å². The number of urea groups is 1. The van der Waals surface area contributed by atoms with E-state index in [1.54, 1.807) is 0 Å². The lowest BCUT2D eigenvalue weighted by molar-refractivity contribution is -0.126. The first kappa shape index (κ1) is 17.1. The summed E-state index contributed by atoms with van der Waals surface area (Å²) in [6.45, 7) is 7.56. The summed E-state index contributed by atoms with van der Waals surface area (Å²) in [4.78, 5) is 29.6. The second kappa shape index (κ2) is 6.76. The third-order valence-corrected chi connectivity index (χ3v) is 5.77. The lowest BCUT2D eigenvalue weighted by Crippen LogP contribution is -2.44. The summed E-state index contributed by atoms with van der Waals surface area (Å²) in [5.41, 5.74) is 3.55. The van der Waals surface area contributed by atoms with Gasteiger partial charge >= 0.3 is 6.03 Å². The number of aryl methyl sites for hydroxylation is 1. The van der Waals surface area contributed by atoms with Crippen LogP contribution >= 0.6 is 0 Å². The molecule has 1 saturated heterocycles. The number of benzene rings is 1. The Kier molecular flexibility index (Phi) is 4.44. The first-order valence-corrected chi connectivity index (χ1v) is 9.47. The van der Waals surface area contributed by atoms with Crippen LogP contribution in [0.4, 0.5) is 4.79 Å². The zero-order chi connectivity index (χ0) is 18.3. The van der Waals surface area contributed by atoms with Crippen LogP contribution < -0.4 is 10.6 Å². The molecule has 2 N–H and O–H groups in total. The van der Waals surface area contributed by atoms with Crippen molar-refractivity contribution in [2.45, 2.75) is 38.8 Å². The Morgan fingerprint density at radius 3 is 2.69 bits per heavy atom. The molecule has 0 saturated carbocycles. The van der Waals surface area contributed by atoms with Crippen molar-refractivity contribution >= 4 is 11.9 Å². The van der Waals surface area contributed by atoms with Crippen molar-refractivity contribution in [3.05, 3.63) is 46.7 Å². The zero-order valence-corrected chi connectivity index (χ0v) is 15.4. The number of nitrogens with one attached hydrogen (secondary N) is 2. The molecule has 2 atom stereocenters. The van der Waals surface area contributed by atoms with E-state index in [9.17, 15) is 9.59 Å². The van der Waals surface area contributed by atoms with E-state index in [1.807, 2.05) is 36.1 Å². The average Bonchev–Trinajstić information content (AvgIpc) is 3.20. The minimum Gasteiger partial charge on any atom is -0.331 e. The minimum absolute atomic E-state index is 0.0426. The Morgan fingerprint density at radius 1 is 1.19 bits per heavy atom. The predicted molar refractivity (Wildman–Crippen MR) is 99.5 cm³/mol. The van der Waals surface area contributed by atoms with E-state index in [-0.39, 0.29) is 18.0 Å². The van der Waals surface area contributed by atoms with Crippen LogP contribution in [-0.2, 0) is 4.79 Å². The molecule has 0 radical (unpaired) electrons. The predicted octanol–water partition coefficient (Wildman–Crippen LogP) is 1.93. The van der Waals surface area contributed by atoms with E-state index in [0.717, 1.165) is 42.9 Å². The molecular weight excluding hydrogens is 328 g/mol. The molecule has 6 heteroatoms. The lowest BCUT2D eigenvalue weighted by atomic mass is 9.95. The van der Waals surface area contributed by atoms with E-state index < -0.39 is 0 Å². The Balaban J connectivity index is 1.57. The molecule has 0 aromatic heterocycles. The second-order valence-corrected chi connectivity index (χ2v) is 7.44. The molecule has 3 aliphatic rings. The fourth-order valence-corrected chi connectivity index (χ4v) is 4.36. The van der Waals surface area contributed by atoms with Gasteiger partial charge in [0.2, 0.25) is 0 Å². The second-order valence-electron chi connectivity index (χ2n) is 7.44. The van der Waals surface area contributed by atoms with Gasteiger partial charge in [-0.3, -0.25) is 9.69 Å². The fourth-order valence-electron chi connectivity index (χ4n) is 4.36. The molecule has 26 heavy (non-hydrogen) atoms. The van der Waals surface area contributed by atoms with Gasteiger partial charge in [-0.05, 0) is 38.4 Å². The number of hydrogen-bond donors (Lipinski definition) is 2. The summed E-state index contributed by atoms with van der Waals surface area (Å²) in [6, 6.07) is 7.82. The Hall–Kier alpha value is -2.34.